The molecule has 7 N–H and O–H groups in total. The van der Waals surface area contributed by atoms with Crippen molar-refractivity contribution in [1.29, 1.82) is 0 Å². The van der Waals surface area contributed by atoms with Crippen LogP contribution in [0.3, 0.4) is 0 Å². The van der Waals surface area contributed by atoms with Gasteiger partial charge in [0, 0.05) is 47.0 Å². The molecule has 0 aliphatic carbocycles. The zero-order valence-electron chi connectivity index (χ0n) is 26.5. The van der Waals surface area contributed by atoms with Gasteiger partial charge in [0.2, 0.25) is 23.6 Å². The van der Waals surface area contributed by atoms with Gasteiger partial charge >= 0.3 is 0 Å². The van der Waals surface area contributed by atoms with E-state index in [4.69, 9.17) is 5.73 Å². The van der Waals surface area contributed by atoms with E-state index in [2.05, 4.69) is 26.3 Å². The topological polar surface area (TPSA) is 158 Å². The van der Waals surface area contributed by atoms with Gasteiger partial charge in [0.05, 0.1) is 0 Å². The molecule has 11 heteroatoms. The molecule has 0 radical (unpaired) electrons. The van der Waals surface area contributed by atoms with E-state index < -0.39 is 35.8 Å². The third kappa shape index (κ3) is 7.92. The standard InChI is InChI=1S/C37H40N6O4S/c38-34(44)30(18-23-8-2-1-3-9-23)41-36(46)31(19-25-21-40-29-12-6-4-10-27(25)29)43-37(47)32(42-35(45)24-14-16-39-17-15-24)20-26-22-48-33-13-7-5-11-28(26)33/h1-13,21-22,24,30-32,39-40H,14-20H2,(H2,38,44)(H,41,46)(H,42,45)(H,43,47)/t30-,31+,32+/m0/s1. The van der Waals surface area contributed by atoms with Crippen molar-refractivity contribution in [3.8, 4) is 0 Å². The minimum absolute atomic E-state index is 0.148. The number of carbonyl (C=O) groups is 4. The van der Waals surface area contributed by atoms with Crippen LogP contribution in [0.25, 0.3) is 21.0 Å². The quantitative estimate of drug-likeness (QED) is 0.114. The Morgan fingerprint density at radius 3 is 2.10 bits per heavy atom. The maximum Gasteiger partial charge on any atom is 0.243 e. The molecule has 1 aliphatic heterocycles. The van der Waals surface area contributed by atoms with Crippen molar-refractivity contribution in [2.24, 2.45) is 11.7 Å². The average Bonchev–Trinajstić information content (AvgIpc) is 3.72. The van der Waals surface area contributed by atoms with Crippen molar-refractivity contribution in [3.63, 3.8) is 0 Å². The van der Waals surface area contributed by atoms with Gasteiger partial charge in [0.25, 0.3) is 0 Å². The van der Waals surface area contributed by atoms with Crippen LogP contribution in [0.4, 0.5) is 0 Å². The van der Waals surface area contributed by atoms with Gasteiger partial charge in [-0.2, -0.15) is 0 Å². The normalized spacial score (nSPS) is 15.4. The lowest BCUT2D eigenvalue weighted by Gasteiger charge is -2.27. The van der Waals surface area contributed by atoms with Crippen LogP contribution in [-0.4, -0.2) is 59.8 Å². The molecule has 1 saturated heterocycles. The van der Waals surface area contributed by atoms with Crippen LogP contribution in [0.5, 0.6) is 0 Å². The fraction of sp³-hybridized carbons (Fsp3) is 0.297. The number of rotatable bonds is 13. The van der Waals surface area contributed by atoms with Gasteiger partial charge in [-0.1, -0.05) is 66.7 Å². The molecule has 1 fully saturated rings. The van der Waals surface area contributed by atoms with Crippen LogP contribution < -0.4 is 27.0 Å². The summed E-state index contributed by atoms with van der Waals surface area (Å²) in [4.78, 5) is 57.4. The summed E-state index contributed by atoms with van der Waals surface area (Å²) in [7, 11) is 0. The monoisotopic (exact) mass is 664 g/mol. The van der Waals surface area contributed by atoms with Gasteiger partial charge in [0.15, 0.2) is 0 Å². The summed E-state index contributed by atoms with van der Waals surface area (Å²) in [5.74, 6) is -2.09. The van der Waals surface area contributed by atoms with E-state index in [1.807, 2.05) is 90.4 Å². The van der Waals surface area contributed by atoms with E-state index in [0.29, 0.717) is 12.8 Å². The number of aromatic nitrogens is 1. The Hall–Kier alpha value is -5.00. The van der Waals surface area contributed by atoms with Gasteiger partial charge in [-0.05, 0) is 65.5 Å². The Morgan fingerprint density at radius 1 is 0.729 bits per heavy atom. The molecule has 0 spiro atoms. The number of aromatic amines is 1. The first-order valence-electron chi connectivity index (χ1n) is 16.3. The van der Waals surface area contributed by atoms with Crippen LogP contribution in [0, 0.1) is 5.92 Å². The van der Waals surface area contributed by atoms with E-state index in [1.165, 1.54) is 0 Å². The van der Waals surface area contributed by atoms with Crippen LogP contribution >= 0.6 is 11.3 Å². The summed E-state index contributed by atoms with van der Waals surface area (Å²) in [5.41, 5.74) is 9.24. The second-order valence-corrected chi connectivity index (χ2v) is 13.2. The molecule has 10 nitrogen and oxygen atoms in total. The zero-order chi connectivity index (χ0) is 33.5. The third-order valence-corrected chi connectivity index (χ3v) is 10.0. The van der Waals surface area contributed by atoms with E-state index in [1.54, 1.807) is 11.3 Å². The Bertz CT molecular complexity index is 1900. The molecule has 5 aromatic rings. The number of benzene rings is 3. The number of nitrogens with one attached hydrogen (secondary N) is 5. The number of hydrogen-bond acceptors (Lipinski definition) is 6. The Balaban J connectivity index is 1.27. The number of amides is 4. The molecule has 0 saturated carbocycles. The van der Waals surface area contributed by atoms with E-state index in [-0.39, 0.29) is 31.1 Å². The molecular weight excluding hydrogens is 625 g/mol. The minimum Gasteiger partial charge on any atom is -0.368 e. The van der Waals surface area contributed by atoms with Gasteiger partial charge in [0.1, 0.15) is 18.1 Å². The highest BCUT2D eigenvalue weighted by atomic mass is 32.1. The second kappa shape index (κ2) is 15.3. The summed E-state index contributed by atoms with van der Waals surface area (Å²) in [6, 6.07) is 22.0. The Labute approximate surface area is 282 Å². The number of hydrogen-bond donors (Lipinski definition) is 6. The van der Waals surface area contributed by atoms with Crippen LogP contribution in [0.1, 0.15) is 29.5 Å². The van der Waals surface area contributed by atoms with Crippen molar-refractivity contribution in [2.75, 3.05) is 13.1 Å². The molecule has 3 atom stereocenters. The highest BCUT2D eigenvalue weighted by molar-refractivity contribution is 7.17. The minimum atomic E-state index is -1.06. The second-order valence-electron chi connectivity index (χ2n) is 12.3. The third-order valence-electron chi connectivity index (χ3n) is 9.00. The predicted octanol–water partition coefficient (Wildman–Crippen LogP) is 3.35. The maximum absolute atomic E-state index is 14.2. The molecule has 248 valence electrons. The van der Waals surface area contributed by atoms with E-state index >= 15 is 0 Å². The molecule has 0 unspecified atom stereocenters. The fourth-order valence-corrected chi connectivity index (χ4v) is 7.32. The maximum atomic E-state index is 14.2. The first-order chi connectivity index (χ1) is 23.4. The number of nitrogens with two attached hydrogens (primary N) is 1. The van der Waals surface area contributed by atoms with Gasteiger partial charge in [-0.15, -0.1) is 11.3 Å². The Morgan fingerprint density at radius 2 is 1.35 bits per heavy atom. The first-order valence-corrected chi connectivity index (χ1v) is 17.2. The molecule has 6 rings (SSSR count). The summed E-state index contributed by atoms with van der Waals surface area (Å²) < 4.78 is 1.09. The predicted molar refractivity (Wildman–Crippen MR) is 188 cm³/mol. The van der Waals surface area contributed by atoms with Gasteiger partial charge in [-0.25, -0.2) is 0 Å². The number of para-hydroxylation sites is 1. The number of thiophene rings is 1. The van der Waals surface area contributed by atoms with Crippen molar-refractivity contribution < 1.29 is 19.2 Å². The van der Waals surface area contributed by atoms with Crippen molar-refractivity contribution >= 4 is 56.0 Å². The molecular formula is C37H40N6O4S. The van der Waals surface area contributed by atoms with Crippen molar-refractivity contribution in [1.82, 2.24) is 26.3 Å². The molecule has 48 heavy (non-hydrogen) atoms. The van der Waals surface area contributed by atoms with Crippen molar-refractivity contribution in [2.45, 2.75) is 50.2 Å². The molecule has 0 bridgehead atoms. The molecule has 2 aromatic heterocycles. The smallest absolute Gasteiger partial charge is 0.243 e. The lowest BCUT2D eigenvalue weighted by atomic mass is 9.96. The van der Waals surface area contributed by atoms with Gasteiger partial charge < -0.3 is 32.0 Å². The number of carbonyl (C=O) groups excluding carboxylic acids is 4. The highest BCUT2D eigenvalue weighted by Crippen LogP contribution is 2.27. The van der Waals surface area contributed by atoms with E-state index in [9.17, 15) is 19.2 Å². The Kier molecular flexibility index (Phi) is 10.5. The van der Waals surface area contributed by atoms with Crippen molar-refractivity contribution in [3.05, 3.63) is 107 Å². The summed E-state index contributed by atoms with van der Waals surface area (Å²) in [6.07, 6.45) is 3.79. The van der Waals surface area contributed by atoms with Gasteiger partial charge in [-0.3, -0.25) is 19.2 Å². The number of H-pyrrole nitrogens is 1. The number of fused-ring (bicyclic) bond motifs is 2. The molecule has 3 heterocycles. The highest BCUT2D eigenvalue weighted by Gasteiger charge is 2.32. The molecule has 1 aliphatic rings. The summed E-state index contributed by atoms with van der Waals surface area (Å²) in [5, 5.41) is 16.0. The van der Waals surface area contributed by atoms with Crippen LogP contribution in [0.15, 0.2) is 90.4 Å². The van der Waals surface area contributed by atoms with Crippen LogP contribution in [0.2, 0.25) is 0 Å². The number of primary amides is 1. The fourth-order valence-electron chi connectivity index (χ4n) is 6.34. The van der Waals surface area contributed by atoms with Crippen LogP contribution in [-0.2, 0) is 38.4 Å². The lowest BCUT2D eigenvalue weighted by Crippen LogP contribution is -2.58. The summed E-state index contributed by atoms with van der Waals surface area (Å²) >= 11 is 1.58. The largest absolute Gasteiger partial charge is 0.368 e. The summed E-state index contributed by atoms with van der Waals surface area (Å²) in [6.45, 7) is 1.47. The molecule has 3 aromatic carbocycles. The lowest BCUT2D eigenvalue weighted by molar-refractivity contribution is -0.134. The first kappa shape index (κ1) is 32.9. The number of piperidine rings is 1. The SMILES string of the molecule is NC(=O)[C@H](Cc1ccccc1)NC(=O)[C@@H](Cc1c[nH]c2ccccc12)NC(=O)[C@@H](Cc1csc2ccccc12)NC(=O)C1CCNCC1. The average molecular weight is 665 g/mol. The van der Waals surface area contributed by atoms with E-state index in [0.717, 1.165) is 50.8 Å². The molecule has 4 amide bonds. The zero-order valence-corrected chi connectivity index (χ0v) is 27.4.